The van der Waals surface area contributed by atoms with E-state index in [1.807, 2.05) is 6.92 Å². The van der Waals surface area contributed by atoms with Crippen LogP contribution in [0.2, 0.25) is 0 Å². The Balaban J connectivity index is 1.84. The number of aliphatic imine (C=N–C) groups is 1. The smallest absolute Gasteiger partial charge is 0.294 e. The molecule has 1 saturated heterocycles. The van der Waals surface area contributed by atoms with Crippen molar-refractivity contribution >= 4 is 11.9 Å². The average molecular weight is 294 g/mol. The zero-order valence-electron chi connectivity index (χ0n) is 12.6. The van der Waals surface area contributed by atoms with E-state index in [1.54, 1.807) is 17.0 Å². The van der Waals surface area contributed by atoms with Crippen molar-refractivity contribution in [2.75, 3.05) is 32.8 Å². The van der Waals surface area contributed by atoms with Crippen molar-refractivity contribution in [2.45, 2.75) is 26.2 Å². The molecule has 1 aliphatic rings. The predicted octanol–water partition coefficient (Wildman–Crippen LogP) is 0.471. The van der Waals surface area contributed by atoms with Gasteiger partial charge in [0.2, 0.25) is 0 Å². The summed E-state index contributed by atoms with van der Waals surface area (Å²) >= 11 is 0. The second-order valence-corrected chi connectivity index (χ2v) is 5.17. The second kappa shape index (κ2) is 8.46. The van der Waals surface area contributed by atoms with Gasteiger partial charge in [-0.05, 0) is 18.6 Å². The molecule has 6 nitrogen and oxygen atoms in total. The molecule has 0 bridgehead atoms. The Morgan fingerprint density at radius 1 is 1.48 bits per heavy atom. The van der Waals surface area contributed by atoms with Crippen molar-refractivity contribution in [3.05, 3.63) is 24.2 Å². The Bertz CT molecular complexity index is 451. The molecule has 0 spiro atoms. The summed E-state index contributed by atoms with van der Waals surface area (Å²) in [5.41, 5.74) is 0. The van der Waals surface area contributed by atoms with Crippen LogP contribution >= 0.6 is 0 Å². The van der Waals surface area contributed by atoms with Crippen LogP contribution in [0.25, 0.3) is 0 Å². The van der Waals surface area contributed by atoms with Crippen LogP contribution in [0.15, 0.2) is 27.8 Å². The number of hydrogen-bond acceptors (Lipinski definition) is 4. The number of quaternary nitrogens is 1. The first-order valence-corrected chi connectivity index (χ1v) is 7.65. The molecule has 1 aliphatic heterocycles. The molecule has 1 aromatic heterocycles. The van der Waals surface area contributed by atoms with Crippen LogP contribution in [0.4, 0.5) is 0 Å². The molecule has 0 unspecified atom stereocenters. The molecular formula is C15H24N3O3+. The lowest BCUT2D eigenvalue weighted by atomic mass is 10.4. The lowest BCUT2D eigenvalue weighted by Crippen LogP contribution is -3.10. The van der Waals surface area contributed by atoms with E-state index < -0.39 is 0 Å². The maximum absolute atomic E-state index is 11.9. The van der Waals surface area contributed by atoms with Gasteiger partial charge in [0.25, 0.3) is 11.9 Å². The minimum Gasteiger partial charge on any atom is -0.465 e. The summed E-state index contributed by atoms with van der Waals surface area (Å²) in [4.78, 5) is 17.9. The van der Waals surface area contributed by atoms with E-state index >= 15 is 0 Å². The van der Waals surface area contributed by atoms with Gasteiger partial charge in [0, 0.05) is 12.8 Å². The summed E-state index contributed by atoms with van der Waals surface area (Å²) in [6, 6.07) is 3.58. The number of furan rings is 1. The topological polar surface area (TPSA) is 68.3 Å². The number of carbonyl (C=O) groups is 1. The molecule has 1 amide bonds. The van der Waals surface area contributed by atoms with E-state index in [1.165, 1.54) is 32.2 Å². The third-order valence-electron chi connectivity index (χ3n) is 3.44. The first kappa shape index (κ1) is 15.6. The van der Waals surface area contributed by atoms with Gasteiger partial charge in [0.1, 0.15) is 0 Å². The molecule has 0 aliphatic carbocycles. The maximum atomic E-state index is 11.9. The molecule has 21 heavy (non-hydrogen) atoms. The summed E-state index contributed by atoms with van der Waals surface area (Å²) < 4.78 is 10.6. The number of amides is 1. The minimum absolute atomic E-state index is 0.257. The van der Waals surface area contributed by atoms with Crippen LogP contribution in [0.5, 0.6) is 0 Å². The fourth-order valence-corrected chi connectivity index (χ4v) is 2.33. The first-order chi connectivity index (χ1) is 10.3. The van der Waals surface area contributed by atoms with Gasteiger partial charge in [-0.1, -0.05) is 6.92 Å². The molecule has 116 valence electrons. The van der Waals surface area contributed by atoms with Crippen molar-refractivity contribution < 1.29 is 18.8 Å². The third-order valence-corrected chi connectivity index (χ3v) is 3.44. The SMILES string of the molecule is CCCOC(=NCC[NH+]1CCCC1)NC(=O)c1ccco1. The summed E-state index contributed by atoms with van der Waals surface area (Å²) in [5.74, 6) is -0.0728. The second-order valence-electron chi connectivity index (χ2n) is 5.17. The Kier molecular flexibility index (Phi) is 6.27. The standard InChI is InChI=1S/C15H23N3O3/c1-2-11-21-15(16-7-10-18-8-3-4-9-18)17-14(19)13-6-5-12-20-13/h5-6,12H,2-4,7-11H2,1H3,(H,16,17,19)/p+1. The van der Waals surface area contributed by atoms with Gasteiger partial charge in [-0.25, -0.2) is 4.99 Å². The fourth-order valence-electron chi connectivity index (χ4n) is 2.33. The van der Waals surface area contributed by atoms with Crippen LogP contribution in [0.3, 0.4) is 0 Å². The largest absolute Gasteiger partial charge is 0.465 e. The molecule has 2 heterocycles. The monoisotopic (exact) mass is 294 g/mol. The summed E-state index contributed by atoms with van der Waals surface area (Å²) in [5, 5.41) is 2.67. The van der Waals surface area contributed by atoms with Crippen molar-refractivity contribution in [3.63, 3.8) is 0 Å². The van der Waals surface area contributed by atoms with Crippen LogP contribution < -0.4 is 10.2 Å². The highest BCUT2D eigenvalue weighted by Gasteiger charge is 2.15. The lowest BCUT2D eigenvalue weighted by Gasteiger charge is -2.12. The Morgan fingerprint density at radius 3 is 2.95 bits per heavy atom. The van der Waals surface area contributed by atoms with E-state index in [0.717, 1.165) is 13.0 Å². The lowest BCUT2D eigenvalue weighted by molar-refractivity contribution is -0.885. The van der Waals surface area contributed by atoms with Gasteiger partial charge >= 0.3 is 0 Å². The zero-order chi connectivity index (χ0) is 14.9. The van der Waals surface area contributed by atoms with Crippen LogP contribution in [-0.4, -0.2) is 44.7 Å². The van der Waals surface area contributed by atoms with E-state index in [4.69, 9.17) is 9.15 Å². The van der Waals surface area contributed by atoms with Gasteiger partial charge < -0.3 is 14.1 Å². The van der Waals surface area contributed by atoms with E-state index in [-0.39, 0.29) is 17.7 Å². The highest BCUT2D eigenvalue weighted by molar-refractivity contribution is 6.02. The quantitative estimate of drug-likeness (QED) is 0.592. The third kappa shape index (κ3) is 5.23. The summed E-state index contributed by atoms with van der Waals surface area (Å²) in [6.45, 7) is 6.63. The maximum Gasteiger partial charge on any atom is 0.294 e. The number of ether oxygens (including phenoxy) is 1. The number of likely N-dealkylation sites (tertiary alicyclic amines) is 1. The average Bonchev–Trinajstić information content (AvgIpc) is 3.17. The summed E-state index contributed by atoms with van der Waals surface area (Å²) in [6.07, 6.45) is 4.93. The van der Waals surface area contributed by atoms with Crippen LogP contribution in [0, 0.1) is 0 Å². The molecular weight excluding hydrogens is 270 g/mol. The van der Waals surface area contributed by atoms with Crippen molar-refractivity contribution in [1.82, 2.24) is 5.32 Å². The number of amidine groups is 1. The summed E-state index contributed by atoms with van der Waals surface area (Å²) in [7, 11) is 0. The van der Waals surface area contributed by atoms with Gasteiger partial charge in [-0.2, -0.15) is 0 Å². The van der Waals surface area contributed by atoms with Crippen LogP contribution in [0.1, 0.15) is 36.7 Å². The minimum atomic E-state index is -0.330. The number of hydrogen-bond donors (Lipinski definition) is 2. The van der Waals surface area contributed by atoms with Gasteiger partial charge in [-0.15, -0.1) is 0 Å². The van der Waals surface area contributed by atoms with Gasteiger partial charge in [0.15, 0.2) is 5.76 Å². The molecule has 6 heteroatoms. The number of nitrogens with one attached hydrogen (secondary N) is 2. The van der Waals surface area contributed by atoms with Crippen molar-refractivity contribution in [2.24, 2.45) is 4.99 Å². The van der Waals surface area contributed by atoms with E-state index in [9.17, 15) is 4.79 Å². The molecule has 2 rings (SSSR count). The molecule has 0 saturated carbocycles. The highest BCUT2D eigenvalue weighted by atomic mass is 16.5. The highest BCUT2D eigenvalue weighted by Crippen LogP contribution is 1.99. The fraction of sp³-hybridized carbons (Fsp3) is 0.600. The Hall–Kier alpha value is -1.82. The first-order valence-electron chi connectivity index (χ1n) is 7.65. The van der Waals surface area contributed by atoms with E-state index in [2.05, 4.69) is 10.3 Å². The van der Waals surface area contributed by atoms with E-state index in [0.29, 0.717) is 13.2 Å². The molecule has 2 N–H and O–H groups in total. The molecule has 0 radical (unpaired) electrons. The van der Waals surface area contributed by atoms with Crippen LogP contribution in [-0.2, 0) is 4.74 Å². The molecule has 1 fully saturated rings. The number of carbonyl (C=O) groups excluding carboxylic acids is 1. The Morgan fingerprint density at radius 2 is 2.29 bits per heavy atom. The number of rotatable bonds is 6. The zero-order valence-corrected chi connectivity index (χ0v) is 12.6. The van der Waals surface area contributed by atoms with Crippen molar-refractivity contribution in [3.8, 4) is 0 Å². The number of nitrogens with zero attached hydrogens (tertiary/aromatic N) is 1. The van der Waals surface area contributed by atoms with Crippen molar-refractivity contribution in [1.29, 1.82) is 0 Å². The molecule has 0 aromatic carbocycles. The predicted molar refractivity (Wildman–Crippen MR) is 79.5 cm³/mol. The molecule has 0 atom stereocenters. The Labute approximate surface area is 125 Å². The van der Waals surface area contributed by atoms with Gasteiger partial charge in [-0.3, -0.25) is 10.1 Å². The van der Waals surface area contributed by atoms with Gasteiger partial charge in [0.05, 0.1) is 39.0 Å². The normalized spacial score (nSPS) is 16.1. The molecule has 1 aromatic rings.